The molecule has 2 nitrogen and oxygen atoms in total. The van der Waals surface area contributed by atoms with Gasteiger partial charge >= 0.3 is 0 Å². The van der Waals surface area contributed by atoms with Crippen LogP contribution in [0.2, 0.25) is 19.6 Å². The third-order valence-corrected chi connectivity index (χ3v) is 13.4. The molecule has 8 rings (SSSR count). The molecule has 7 aromatic rings. The summed E-state index contributed by atoms with van der Waals surface area (Å²) in [7, 11) is -1.37. The Morgan fingerprint density at radius 2 is 1.53 bits per heavy atom. The average molecular weight is 907 g/mol. The molecule has 0 amide bonds. The summed E-state index contributed by atoms with van der Waals surface area (Å²) in [4.78, 5) is 9.45. The monoisotopic (exact) mass is 907 g/mol. The minimum absolute atomic E-state index is 0. The number of rotatable bonds is 7. The molecule has 3 heterocycles. The van der Waals surface area contributed by atoms with E-state index in [9.17, 15) is 0 Å². The third kappa shape index (κ3) is 9.50. The molecule has 0 bridgehead atoms. The maximum Gasteiger partial charge on any atom is 0.0798 e. The van der Waals surface area contributed by atoms with E-state index in [0.29, 0.717) is 0 Å². The summed E-state index contributed by atoms with van der Waals surface area (Å²) >= 11 is 1.85. The van der Waals surface area contributed by atoms with E-state index >= 15 is 0 Å². The summed E-state index contributed by atoms with van der Waals surface area (Å²) in [5, 5.41) is 4.10. The molecule has 0 N–H and O–H groups in total. The summed E-state index contributed by atoms with van der Waals surface area (Å²) in [6.07, 6.45) is 11.9. The number of hydrogen-bond acceptors (Lipinski definition) is 3. The predicted octanol–water partition coefficient (Wildman–Crippen LogP) is 13.0. The van der Waals surface area contributed by atoms with Crippen LogP contribution in [0, 0.1) is 23.5 Å². The van der Waals surface area contributed by atoms with E-state index in [2.05, 4.69) is 144 Å². The normalized spacial score (nSPS) is 13.5. The van der Waals surface area contributed by atoms with Gasteiger partial charge in [-0.15, -0.1) is 59.7 Å². The topological polar surface area (TPSA) is 25.8 Å². The molecule has 0 aliphatic heterocycles. The number of thiophene rings is 1. The molecule has 1 aliphatic rings. The Morgan fingerprint density at radius 1 is 0.755 bits per heavy atom. The standard InChI is InChI=1S/C29H24NS.C19H26NSi.Ir/c1-2-9-22(10-3-1)23-13-14-28-26(19-23)24-11-6-12-25(29(24)31-28)27-18-21(15-16-30-27)17-20-7-4-5-8-20;1-19(2,3)13-16-12-17(15-10-8-7-9-11-15)20-14-18(16)21(4,5)6;/h1-3,6,9-11,13-16,18-20H,4-5,7-8,17H2;7-10,12,14H,13H2,1-6H3;/q2*-1;. The van der Waals surface area contributed by atoms with Gasteiger partial charge in [-0.1, -0.05) is 131 Å². The summed E-state index contributed by atoms with van der Waals surface area (Å²) in [6, 6.07) is 43.3. The van der Waals surface area contributed by atoms with Crippen LogP contribution < -0.4 is 5.19 Å². The number of hydrogen-bond donors (Lipinski definition) is 0. The van der Waals surface area contributed by atoms with Gasteiger partial charge in [-0.2, -0.15) is 11.3 Å². The summed E-state index contributed by atoms with van der Waals surface area (Å²) < 4.78 is 2.60. The van der Waals surface area contributed by atoms with Crippen molar-refractivity contribution in [2.45, 2.75) is 78.9 Å². The Morgan fingerprint density at radius 3 is 2.25 bits per heavy atom. The molecule has 53 heavy (non-hydrogen) atoms. The molecular formula is C48H50IrN2SSi-2. The Balaban J connectivity index is 0.000000193. The summed E-state index contributed by atoms with van der Waals surface area (Å²) in [5.41, 5.74) is 9.98. The molecule has 273 valence electrons. The van der Waals surface area contributed by atoms with Crippen LogP contribution in [0.3, 0.4) is 0 Å². The minimum Gasteiger partial charge on any atom is -0.305 e. The Bertz CT molecular complexity index is 2280. The van der Waals surface area contributed by atoms with E-state index < -0.39 is 8.07 Å². The van der Waals surface area contributed by atoms with Crippen LogP contribution in [-0.4, -0.2) is 18.0 Å². The Hall–Kier alpha value is -3.73. The fourth-order valence-corrected chi connectivity index (χ4v) is 10.4. The maximum atomic E-state index is 4.75. The Kier molecular flexibility index (Phi) is 12.3. The van der Waals surface area contributed by atoms with Gasteiger partial charge in [-0.3, -0.25) is 0 Å². The number of fused-ring (bicyclic) bond motifs is 3. The number of pyridine rings is 2. The summed E-state index contributed by atoms with van der Waals surface area (Å²) in [5.74, 6) is 0.843. The van der Waals surface area contributed by atoms with Gasteiger partial charge in [0.25, 0.3) is 0 Å². The molecule has 1 saturated carbocycles. The van der Waals surface area contributed by atoms with Gasteiger partial charge in [0.15, 0.2) is 0 Å². The SMILES string of the molecule is CC(C)(C)Cc1cc(-c2[c-]cccc2)ncc1[Si](C)(C)C.[Ir].[c-]1ccc2c(sc3ccc(-c4ccccc4)cc32)c1-c1cc(CC2CCCC2)ccn1. The second kappa shape index (κ2) is 16.7. The molecule has 0 saturated heterocycles. The van der Waals surface area contributed by atoms with Crippen molar-refractivity contribution in [1.29, 1.82) is 0 Å². The zero-order chi connectivity index (χ0) is 36.3. The zero-order valence-electron chi connectivity index (χ0n) is 31.9. The van der Waals surface area contributed by atoms with Crippen molar-refractivity contribution >= 4 is 44.8 Å². The van der Waals surface area contributed by atoms with E-state index in [4.69, 9.17) is 9.97 Å². The molecule has 4 aromatic carbocycles. The molecule has 1 fully saturated rings. The van der Waals surface area contributed by atoms with Gasteiger partial charge in [0, 0.05) is 37.2 Å². The van der Waals surface area contributed by atoms with Crippen LogP contribution in [0.5, 0.6) is 0 Å². The first kappa shape index (κ1) is 39.0. The second-order valence-electron chi connectivity index (χ2n) is 16.7. The first-order chi connectivity index (χ1) is 25.0. The quantitative estimate of drug-likeness (QED) is 0.118. The molecule has 3 aromatic heterocycles. The van der Waals surface area contributed by atoms with Crippen LogP contribution in [0.1, 0.15) is 57.6 Å². The van der Waals surface area contributed by atoms with E-state index in [1.807, 2.05) is 35.7 Å². The van der Waals surface area contributed by atoms with Gasteiger partial charge in [0.2, 0.25) is 0 Å². The van der Waals surface area contributed by atoms with Crippen LogP contribution in [0.4, 0.5) is 0 Å². The predicted molar refractivity (Wildman–Crippen MR) is 227 cm³/mol. The van der Waals surface area contributed by atoms with Gasteiger partial charge in [0.05, 0.1) is 8.07 Å². The van der Waals surface area contributed by atoms with Gasteiger partial charge < -0.3 is 9.97 Å². The first-order valence-electron chi connectivity index (χ1n) is 18.9. The third-order valence-electron chi connectivity index (χ3n) is 10.1. The van der Waals surface area contributed by atoms with Crippen LogP contribution in [0.15, 0.2) is 116 Å². The molecule has 1 radical (unpaired) electrons. The van der Waals surface area contributed by atoms with Crippen molar-refractivity contribution in [2.75, 3.05) is 0 Å². The molecule has 5 heteroatoms. The van der Waals surface area contributed by atoms with Crippen molar-refractivity contribution in [3.63, 3.8) is 0 Å². The Labute approximate surface area is 335 Å². The second-order valence-corrected chi connectivity index (χ2v) is 22.8. The molecule has 1 aliphatic carbocycles. The average Bonchev–Trinajstić information content (AvgIpc) is 3.79. The molecule has 0 spiro atoms. The fourth-order valence-electron chi connectivity index (χ4n) is 7.62. The van der Waals surface area contributed by atoms with Gasteiger partial charge in [-0.05, 0) is 80.2 Å². The van der Waals surface area contributed by atoms with Crippen LogP contribution >= 0.6 is 11.3 Å². The molecule has 0 unspecified atom stereocenters. The smallest absolute Gasteiger partial charge is 0.0798 e. The first-order valence-corrected chi connectivity index (χ1v) is 23.2. The zero-order valence-corrected chi connectivity index (χ0v) is 36.1. The minimum atomic E-state index is -1.37. The maximum absolute atomic E-state index is 4.75. The van der Waals surface area contributed by atoms with Crippen molar-refractivity contribution in [3.05, 3.63) is 139 Å². The van der Waals surface area contributed by atoms with E-state index in [1.165, 1.54) is 79.7 Å². The van der Waals surface area contributed by atoms with Crippen LogP contribution in [0.25, 0.3) is 53.8 Å². The molecule has 0 atom stereocenters. The van der Waals surface area contributed by atoms with E-state index in [-0.39, 0.29) is 25.5 Å². The molecular weight excluding hydrogens is 857 g/mol. The summed E-state index contributed by atoms with van der Waals surface area (Å²) in [6.45, 7) is 14.1. The van der Waals surface area contributed by atoms with Crippen LogP contribution in [-0.2, 0) is 32.9 Å². The fraction of sp³-hybridized carbons (Fsp3) is 0.292. The number of aromatic nitrogens is 2. The van der Waals surface area contributed by atoms with Crippen molar-refractivity contribution in [1.82, 2.24) is 9.97 Å². The van der Waals surface area contributed by atoms with E-state index in [1.54, 1.807) is 0 Å². The number of benzene rings is 4. The van der Waals surface area contributed by atoms with E-state index in [0.717, 1.165) is 34.9 Å². The largest absolute Gasteiger partial charge is 0.305 e. The van der Waals surface area contributed by atoms with Crippen molar-refractivity contribution in [3.8, 4) is 33.6 Å². The van der Waals surface area contributed by atoms with Crippen molar-refractivity contribution in [2.24, 2.45) is 11.3 Å². The number of nitrogens with zero attached hydrogens (tertiary/aromatic N) is 2. The van der Waals surface area contributed by atoms with Gasteiger partial charge in [0.1, 0.15) is 0 Å². The van der Waals surface area contributed by atoms with Crippen molar-refractivity contribution < 1.29 is 20.1 Å². The van der Waals surface area contributed by atoms with Gasteiger partial charge in [-0.25, -0.2) is 0 Å².